The summed E-state index contributed by atoms with van der Waals surface area (Å²) < 4.78 is 35.7. The second-order valence-corrected chi connectivity index (χ2v) is 9.07. The third kappa shape index (κ3) is 4.78. The lowest BCUT2D eigenvalue weighted by Gasteiger charge is -2.15. The highest BCUT2D eigenvalue weighted by Gasteiger charge is 2.30. The SMILES string of the molecule is CCCN(C)CCCOc1ccc2c(c1)S(=O)(=O)N=C2c1ccc(Br)cc1. The van der Waals surface area contributed by atoms with E-state index in [1.165, 1.54) is 0 Å². The second kappa shape index (κ2) is 8.54. The number of sulfonamides is 1. The van der Waals surface area contributed by atoms with E-state index < -0.39 is 10.0 Å². The molecule has 1 aliphatic rings. The lowest BCUT2D eigenvalue weighted by Crippen LogP contribution is -2.21. The molecule has 0 fully saturated rings. The van der Waals surface area contributed by atoms with Crippen molar-refractivity contribution in [1.82, 2.24) is 4.90 Å². The summed E-state index contributed by atoms with van der Waals surface area (Å²) >= 11 is 3.39. The first-order chi connectivity index (χ1) is 12.9. The van der Waals surface area contributed by atoms with Gasteiger partial charge in [-0.3, -0.25) is 0 Å². The Hall–Kier alpha value is -1.70. The zero-order chi connectivity index (χ0) is 19.4. The van der Waals surface area contributed by atoms with E-state index in [4.69, 9.17) is 4.74 Å². The zero-order valence-corrected chi connectivity index (χ0v) is 17.9. The molecule has 0 amide bonds. The molecule has 1 heterocycles. The lowest BCUT2D eigenvalue weighted by molar-refractivity contribution is 0.262. The van der Waals surface area contributed by atoms with Crippen LogP contribution in [0.3, 0.4) is 0 Å². The Kier molecular flexibility index (Phi) is 6.34. The molecule has 27 heavy (non-hydrogen) atoms. The summed E-state index contributed by atoms with van der Waals surface area (Å²) in [6, 6.07) is 12.6. The number of hydrogen-bond donors (Lipinski definition) is 0. The van der Waals surface area contributed by atoms with Gasteiger partial charge in [-0.1, -0.05) is 35.0 Å². The highest BCUT2D eigenvalue weighted by molar-refractivity contribution is 9.10. The molecule has 144 valence electrons. The summed E-state index contributed by atoms with van der Waals surface area (Å²) in [6.45, 7) is 4.72. The fourth-order valence-electron chi connectivity index (χ4n) is 3.05. The molecule has 0 atom stereocenters. The molecular formula is C20H23BrN2O3S. The topological polar surface area (TPSA) is 59.0 Å². The van der Waals surface area contributed by atoms with E-state index in [1.807, 2.05) is 30.3 Å². The van der Waals surface area contributed by atoms with Crippen LogP contribution in [0.25, 0.3) is 0 Å². The quantitative estimate of drug-likeness (QED) is 0.567. The maximum atomic E-state index is 12.5. The zero-order valence-electron chi connectivity index (χ0n) is 15.5. The van der Waals surface area contributed by atoms with Gasteiger partial charge in [0.1, 0.15) is 10.6 Å². The van der Waals surface area contributed by atoms with Crippen molar-refractivity contribution >= 4 is 31.7 Å². The average Bonchev–Trinajstić information content (AvgIpc) is 2.91. The first kappa shape index (κ1) is 20.0. The van der Waals surface area contributed by atoms with E-state index in [0.29, 0.717) is 23.6 Å². The normalized spacial score (nSPS) is 14.9. The molecule has 0 radical (unpaired) electrons. The number of fused-ring (bicyclic) bond motifs is 1. The first-order valence-electron chi connectivity index (χ1n) is 8.97. The van der Waals surface area contributed by atoms with Crippen LogP contribution in [0.4, 0.5) is 0 Å². The van der Waals surface area contributed by atoms with Gasteiger partial charge < -0.3 is 9.64 Å². The van der Waals surface area contributed by atoms with Crippen molar-refractivity contribution in [3.8, 4) is 5.75 Å². The van der Waals surface area contributed by atoms with Gasteiger partial charge in [-0.2, -0.15) is 12.8 Å². The Balaban J connectivity index is 1.73. The molecule has 0 saturated heterocycles. The highest BCUT2D eigenvalue weighted by atomic mass is 79.9. The first-order valence-corrected chi connectivity index (χ1v) is 11.2. The number of rotatable bonds is 8. The van der Waals surface area contributed by atoms with Gasteiger partial charge in [0, 0.05) is 28.2 Å². The molecule has 0 unspecified atom stereocenters. The number of ether oxygens (including phenoxy) is 1. The van der Waals surface area contributed by atoms with Crippen LogP contribution >= 0.6 is 15.9 Å². The smallest absolute Gasteiger partial charge is 0.283 e. The molecule has 7 heteroatoms. The number of hydrogen-bond acceptors (Lipinski definition) is 4. The van der Waals surface area contributed by atoms with Crippen LogP contribution in [0.1, 0.15) is 30.9 Å². The molecule has 0 bridgehead atoms. The summed E-state index contributed by atoms with van der Waals surface area (Å²) in [5, 5.41) is 0. The molecule has 0 aromatic heterocycles. The third-order valence-corrected chi connectivity index (χ3v) is 6.22. The van der Waals surface area contributed by atoms with Crippen molar-refractivity contribution < 1.29 is 13.2 Å². The van der Waals surface area contributed by atoms with E-state index in [1.54, 1.807) is 12.1 Å². The number of benzene rings is 2. The molecule has 2 aromatic rings. The predicted octanol–water partition coefficient (Wildman–Crippen LogP) is 4.10. The maximum Gasteiger partial charge on any atom is 0.283 e. The second-order valence-electron chi connectivity index (χ2n) is 6.59. The van der Waals surface area contributed by atoms with Gasteiger partial charge in [0.25, 0.3) is 10.0 Å². The molecule has 0 N–H and O–H groups in total. The maximum absolute atomic E-state index is 12.5. The number of halogens is 1. The van der Waals surface area contributed by atoms with Gasteiger partial charge in [-0.05, 0) is 50.7 Å². The van der Waals surface area contributed by atoms with Crippen LogP contribution in [-0.2, 0) is 10.0 Å². The summed E-state index contributed by atoms with van der Waals surface area (Å²) in [4.78, 5) is 2.47. The Labute approximate surface area is 169 Å². The predicted molar refractivity (Wildman–Crippen MR) is 111 cm³/mol. The van der Waals surface area contributed by atoms with Crippen molar-refractivity contribution in [3.05, 3.63) is 58.1 Å². The summed E-state index contributed by atoms with van der Waals surface area (Å²) in [6.07, 6.45) is 2.02. The summed E-state index contributed by atoms with van der Waals surface area (Å²) in [7, 11) is -1.61. The average molecular weight is 451 g/mol. The van der Waals surface area contributed by atoms with Crippen LogP contribution in [0.5, 0.6) is 5.75 Å². The minimum atomic E-state index is -3.70. The van der Waals surface area contributed by atoms with Gasteiger partial charge in [-0.15, -0.1) is 0 Å². The van der Waals surface area contributed by atoms with E-state index in [9.17, 15) is 8.42 Å². The minimum absolute atomic E-state index is 0.209. The molecule has 1 aliphatic heterocycles. The molecule has 0 saturated carbocycles. The van der Waals surface area contributed by atoms with Crippen molar-refractivity contribution in [3.63, 3.8) is 0 Å². The van der Waals surface area contributed by atoms with Gasteiger partial charge in [0.15, 0.2) is 0 Å². The molecular weight excluding hydrogens is 428 g/mol. The van der Waals surface area contributed by atoms with Gasteiger partial charge in [0.05, 0.1) is 12.3 Å². The summed E-state index contributed by atoms with van der Waals surface area (Å²) in [5.74, 6) is 0.558. The van der Waals surface area contributed by atoms with Gasteiger partial charge >= 0.3 is 0 Å². The van der Waals surface area contributed by atoms with E-state index in [2.05, 4.69) is 39.2 Å². The van der Waals surface area contributed by atoms with Crippen molar-refractivity contribution in [1.29, 1.82) is 0 Å². The van der Waals surface area contributed by atoms with Crippen LogP contribution in [-0.4, -0.2) is 45.8 Å². The molecule has 5 nitrogen and oxygen atoms in total. The fraction of sp³-hybridized carbons (Fsp3) is 0.350. The lowest BCUT2D eigenvalue weighted by atomic mass is 10.0. The Morgan fingerprint density at radius 3 is 2.56 bits per heavy atom. The molecule has 2 aromatic carbocycles. The van der Waals surface area contributed by atoms with Gasteiger partial charge in [-0.25, -0.2) is 0 Å². The largest absolute Gasteiger partial charge is 0.494 e. The Morgan fingerprint density at radius 1 is 1.11 bits per heavy atom. The number of nitrogens with zero attached hydrogens (tertiary/aromatic N) is 2. The Bertz CT molecular complexity index is 940. The van der Waals surface area contributed by atoms with Crippen LogP contribution in [0.2, 0.25) is 0 Å². The molecule has 0 spiro atoms. The molecule has 0 aliphatic carbocycles. The van der Waals surface area contributed by atoms with E-state index in [-0.39, 0.29) is 4.90 Å². The summed E-state index contributed by atoms with van der Waals surface area (Å²) in [5.41, 5.74) is 1.87. The van der Waals surface area contributed by atoms with E-state index in [0.717, 1.165) is 36.0 Å². The standard InChI is InChI=1S/C20H23BrN2O3S/c1-3-11-23(2)12-4-13-26-17-9-10-18-19(14-17)27(24,25)22-20(18)15-5-7-16(21)8-6-15/h5-10,14H,3-4,11-13H2,1-2H3. The fourth-order valence-corrected chi connectivity index (χ4v) is 4.57. The van der Waals surface area contributed by atoms with Crippen molar-refractivity contribution in [2.45, 2.75) is 24.7 Å². The minimum Gasteiger partial charge on any atom is -0.494 e. The van der Waals surface area contributed by atoms with Crippen LogP contribution in [0.15, 0.2) is 56.2 Å². The highest BCUT2D eigenvalue weighted by Crippen LogP contribution is 2.32. The third-order valence-electron chi connectivity index (χ3n) is 4.37. The van der Waals surface area contributed by atoms with Crippen LogP contribution < -0.4 is 4.74 Å². The monoisotopic (exact) mass is 450 g/mol. The Morgan fingerprint density at radius 2 is 1.85 bits per heavy atom. The van der Waals surface area contributed by atoms with Gasteiger partial charge in [0.2, 0.25) is 0 Å². The molecule has 3 rings (SSSR count). The van der Waals surface area contributed by atoms with Crippen molar-refractivity contribution in [2.24, 2.45) is 4.40 Å². The van der Waals surface area contributed by atoms with E-state index >= 15 is 0 Å². The van der Waals surface area contributed by atoms with Crippen molar-refractivity contribution in [2.75, 3.05) is 26.7 Å². The van der Waals surface area contributed by atoms with Crippen LogP contribution in [0, 0.1) is 0 Å².